The predicted octanol–water partition coefficient (Wildman–Crippen LogP) is 3.19. The molecule has 23 heavy (non-hydrogen) atoms. The minimum Gasteiger partial charge on any atom is -0.451 e. The lowest BCUT2D eigenvalue weighted by Gasteiger charge is -2.20. The van der Waals surface area contributed by atoms with Crippen LogP contribution in [-0.2, 0) is 9.53 Å². The third kappa shape index (κ3) is 4.89. The molecule has 0 aliphatic carbocycles. The van der Waals surface area contributed by atoms with E-state index in [1.165, 1.54) is 11.3 Å². The van der Waals surface area contributed by atoms with Crippen molar-refractivity contribution in [1.29, 1.82) is 0 Å². The molecular weight excluding hydrogens is 312 g/mol. The van der Waals surface area contributed by atoms with E-state index >= 15 is 0 Å². The molecule has 0 unspecified atom stereocenters. The first kappa shape index (κ1) is 17.1. The molecule has 6 heteroatoms. The Labute approximate surface area is 139 Å². The van der Waals surface area contributed by atoms with E-state index in [4.69, 9.17) is 4.74 Å². The number of nitrogens with one attached hydrogen (secondary N) is 1. The zero-order chi connectivity index (χ0) is 17.0. The topological polar surface area (TPSA) is 68.3 Å². The average molecular weight is 332 g/mol. The monoisotopic (exact) mass is 332 g/mol. The number of nitrogens with zero attached hydrogens (tertiary/aromatic N) is 1. The maximum absolute atomic E-state index is 12.3. The lowest BCUT2D eigenvalue weighted by molar-refractivity contribution is -0.125. The molecule has 0 atom stereocenters. The molecule has 2 rings (SSSR count). The fourth-order valence-electron chi connectivity index (χ4n) is 2.01. The van der Waals surface area contributed by atoms with E-state index in [9.17, 15) is 9.59 Å². The Morgan fingerprint density at radius 2 is 1.87 bits per heavy atom. The fourth-order valence-corrected chi connectivity index (χ4v) is 2.84. The molecule has 0 spiro atoms. The summed E-state index contributed by atoms with van der Waals surface area (Å²) >= 11 is 1.26. The summed E-state index contributed by atoms with van der Waals surface area (Å²) in [6.07, 6.45) is 0. The second-order valence-corrected chi connectivity index (χ2v) is 7.35. The Kier molecular flexibility index (Phi) is 5.15. The Hall–Kier alpha value is -2.21. The average Bonchev–Trinajstić information content (AvgIpc) is 2.86. The second-order valence-electron chi connectivity index (χ2n) is 6.15. The minimum atomic E-state index is -0.529. The summed E-state index contributed by atoms with van der Waals surface area (Å²) < 4.78 is 5.13. The highest BCUT2D eigenvalue weighted by molar-refractivity contribution is 7.14. The Bertz CT molecular complexity index is 702. The summed E-state index contributed by atoms with van der Waals surface area (Å²) in [6, 6.07) is 9.44. The highest BCUT2D eigenvalue weighted by atomic mass is 32.1. The normalized spacial score (nSPS) is 11.1. The van der Waals surface area contributed by atoms with Crippen LogP contribution in [0.5, 0.6) is 0 Å². The van der Waals surface area contributed by atoms with Gasteiger partial charge in [0.15, 0.2) is 6.61 Å². The van der Waals surface area contributed by atoms with Gasteiger partial charge in [-0.25, -0.2) is 9.78 Å². The summed E-state index contributed by atoms with van der Waals surface area (Å²) in [4.78, 5) is 28.9. The van der Waals surface area contributed by atoms with Crippen LogP contribution < -0.4 is 5.32 Å². The number of carbonyl (C=O) groups is 2. The van der Waals surface area contributed by atoms with Crippen molar-refractivity contribution in [3.8, 4) is 11.3 Å². The number of thiazole rings is 1. The van der Waals surface area contributed by atoms with Crippen LogP contribution in [0, 0.1) is 6.92 Å². The van der Waals surface area contributed by atoms with Crippen LogP contribution in [0.15, 0.2) is 30.3 Å². The molecule has 122 valence electrons. The number of rotatable bonds is 4. The van der Waals surface area contributed by atoms with Gasteiger partial charge in [-0.2, -0.15) is 0 Å². The number of benzene rings is 1. The van der Waals surface area contributed by atoms with Crippen molar-refractivity contribution in [2.24, 2.45) is 0 Å². The van der Waals surface area contributed by atoms with E-state index in [0.29, 0.717) is 10.6 Å². The molecule has 0 bridgehead atoms. The molecule has 1 amide bonds. The number of aromatic nitrogens is 1. The number of hydrogen-bond acceptors (Lipinski definition) is 5. The summed E-state index contributed by atoms with van der Waals surface area (Å²) in [5.74, 6) is -0.855. The molecule has 1 aromatic carbocycles. The number of hydrogen-bond donors (Lipinski definition) is 1. The van der Waals surface area contributed by atoms with E-state index in [0.717, 1.165) is 10.6 Å². The van der Waals surface area contributed by atoms with Gasteiger partial charge in [-0.15, -0.1) is 11.3 Å². The van der Waals surface area contributed by atoms with Crippen LogP contribution >= 0.6 is 11.3 Å². The highest BCUT2D eigenvalue weighted by Crippen LogP contribution is 2.28. The van der Waals surface area contributed by atoms with Crippen molar-refractivity contribution in [1.82, 2.24) is 10.3 Å². The quantitative estimate of drug-likeness (QED) is 0.873. The first-order valence-corrected chi connectivity index (χ1v) is 8.09. The zero-order valence-electron chi connectivity index (χ0n) is 13.7. The zero-order valence-corrected chi connectivity index (χ0v) is 14.5. The van der Waals surface area contributed by atoms with Gasteiger partial charge in [-0.1, -0.05) is 30.3 Å². The number of carbonyl (C=O) groups excluding carboxylic acids is 2. The fraction of sp³-hybridized carbons (Fsp3) is 0.353. The van der Waals surface area contributed by atoms with Gasteiger partial charge in [0.2, 0.25) is 0 Å². The van der Waals surface area contributed by atoms with Crippen LogP contribution in [0.25, 0.3) is 11.3 Å². The van der Waals surface area contributed by atoms with E-state index < -0.39 is 5.97 Å². The van der Waals surface area contributed by atoms with Gasteiger partial charge in [0, 0.05) is 11.1 Å². The van der Waals surface area contributed by atoms with E-state index in [2.05, 4.69) is 10.3 Å². The van der Waals surface area contributed by atoms with Crippen LogP contribution in [-0.4, -0.2) is 29.0 Å². The van der Waals surface area contributed by atoms with Crippen molar-refractivity contribution in [3.63, 3.8) is 0 Å². The van der Waals surface area contributed by atoms with Gasteiger partial charge in [-0.3, -0.25) is 4.79 Å². The summed E-state index contributed by atoms with van der Waals surface area (Å²) in [6.45, 7) is 7.13. The third-order valence-electron chi connectivity index (χ3n) is 2.82. The maximum Gasteiger partial charge on any atom is 0.351 e. The molecule has 0 saturated carbocycles. The van der Waals surface area contributed by atoms with Gasteiger partial charge in [0.1, 0.15) is 4.88 Å². The molecule has 0 aliphatic rings. The molecule has 0 fully saturated rings. The summed E-state index contributed by atoms with van der Waals surface area (Å²) in [5, 5.41) is 3.52. The predicted molar refractivity (Wildman–Crippen MR) is 90.5 cm³/mol. The van der Waals surface area contributed by atoms with Gasteiger partial charge in [0.25, 0.3) is 5.91 Å². The Balaban J connectivity index is 2.10. The smallest absolute Gasteiger partial charge is 0.351 e. The number of ether oxygens (including phenoxy) is 1. The molecule has 1 N–H and O–H groups in total. The van der Waals surface area contributed by atoms with Crippen molar-refractivity contribution in [2.45, 2.75) is 33.2 Å². The van der Waals surface area contributed by atoms with E-state index in [1.54, 1.807) is 0 Å². The van der Waals surface area contributed by atoms with Gasteiger partial charge < -0.3 is 10.1 Å². The first-order chi connectivity index (χ1) is 10.8. The van der Waals surface area contributed by atoms with Crippen LogP contribution in [0.2, 0.25) is 0 Å². The Morgan fingerprint density at radius 1 is 1.22 bits per heavy atom. The number of aryl methyl sites for hydroxylation is 1. The van der Waals surface area contributed by atoms with Crippen molar-refractivity contribution in [3.05, 3.63) is 40.2 Å². The number of esters is 1. The SMILES string of the molecule is Cc1nc(-c2ccccc2)c(C(=O)OCC(=O)NC(C)(C)C)s1. The summed E-state index contributed by atoms with van der Waals surface area (Å²) in [5.41, 5.74) is 1.08. The third-order valence-corrected chi connectivity index (χ3v) is 3.77. The van der Waals surface area contributed by atoms with Crippen LogP contribution in [0.4, 0.5) is 0 Å². The Morgan fingerprint density at radius 3 is 2.48 bits per heavy atom. The highest BCUT2D eigenvalue weighted by Gasteiger charge is 2.21. The van der Waals surface area contributed by atoms with Gasteiger partial charge >= 0.3 is 5.97 Å². The molecule has 1 heterocycles. The molecule has 5 nitrogen and oxygen atoms in total. The first-order valence-electron chi connectivity index (χ1n) is 7.27. The standard InChI is InChI=1S/C17H20N2O3S/c1-11-18-14(12-8-6-5-7-9-12)15(23-11)16(21)22-10-13(20)19-17(2,3)4/h5-9H,10H2,1-4H3,(H,19,20). The molecule has 2 aromatic rings. The van der Waals surface area contributed by atoms with Gasteiger partial charge in [-0.05, 0) is 27.7 Å². The largest absolute Gasteiger partial charge is 0.451 e. The molecule has 0 aliphatic heterocycles. The maximum atomic E-state index is 12.3. The lowest BCUT2D eigenvalue weighted by atomic mass is 10.1. The number of amides is 1. The summed E-state index contributed by atoms with van der Waals surface area (Å²) in [7, 11) is 0. The lowest BCUT2D eigenvalue weighted by Crippen LogP contribution is -2.42. The van der Waals surface area contributed by atoms with Gasteiger partial charge in [0.05, 0.1) is 10.7 Å². The van der Waals surface area contributed by atoms with Crippen molar-refractivity contribution >= 4 is 23.2 Å². The molecule has 0 saturated heterocycles. The van der Waals surface area contributed by atoms with Crippen molar-refractivity contribution < 1.29 is 14.3 Å². The van der Waals surface area contributed by atoms with E-state index in [-0.39, 0.29) is 18.1 Å². The molecular formula is C17H20N2O3S. The van der Waals surface area contributed by atoms with Crippen LogP contribution in [0.3, 0.4) is 0 Å². The molecule has 0 radical (unpaired) electrons. The minimum absolute atomic E-state index is 0.304. The second kappa shape index (κ2) is 6.91. The molecule has 1 aromatic heterocycles. The van der Waals surface area contributed by atoms with Crippen molar-refractivity contribution in [2.75, 3.05) is 6.61 Å². The van der Waals surface area contributed by atoms with Crippen LogP contribution in [0.1, 0.15) is 35.5 Å². The van der Waals surface area contributed by atoms with E-state index in [1.807, 2.05) is 58.0 Å².